The van der Waals surface area contributed by atoms with Crippen LogP contribution in [-0.4, -0.2) is 18.8 Å². The Bertz CT molecular complexity index is 589. The maximum absolute atomic E-state index is 9.82. The van der Waals surface area contributed by atoms with Gasteiger partial charge >= 0.3 is 5.97 Å². The van der Waals surface area contributed by atoms with Gasteiger partial charge in [-0.1, -0.05) is 65.8 Å². The largest absolute Gasteiger partial charge is 0.466 e. The lowest BCUT2D eigenvalue weighted by molar-refractivity contribution is -0.140. The highest BCUT2D eigenvalue weighted by molar-refractivity contribution is 5.65. The average molecular weight is 311 g/mol. The lowest BCUT2D eigenvalue weighted by Gasteiger charge is -2.27. The normalized spacial score (nSPS) is 14.3. The van der Waals surface area contributed by atoms with Gasteiger partial charge in [0.25, 0.3) is 0 Å². The Morgan fingerprint density at radius 2 is 1.61 bits per heavy atom. The number of ether oxygens (including phenoxy) is 1. The highest BCUT2D eigenvalue weighted by atomic mass is 16.7. The van der Waals surface area contributed by atoms with Gasteiger partial charge in [-0.15, -0.1) is 0 Å². The first-order valence-corrected chi connectivity index (χ1v) is 7.63. The van der Waals surface area contributed by atoms with E-state index in [1.807, 2.05) is 42.6 Å². The van der Waals surface area contributed by atoms with Crippen molar-refractivity contribution in [1.29, 1.82) is 0 Å². The zero-order valence-electron chi connectivity index (χ0n) is 13.4. The predicted octanol–water partition coefficient (Wildman–Crippen LogP) is 3.91. The van der Waals surface area contributed by atoms with Crippen LogP contribution in [0.15, 0.2) is 65.8 Å². The Morgan fingerprint density at radius 1 is 1.09 bits per heavy atom. The minimum atomic E-state index is -0.442. The Kier molecular flexibility index (Phi) is 5.92. The monoisotopic (exact) mass is 311 g/mol. The van der Waals surface area contributed by atoms with Crippen molar-refractivity contribution in [3.05, 3.63) is 71.8 Å². The number of rotatable bonds is 3. The molecule has 23 heavy (non-hydrogen) atoms. The summed E-state index contributed by atoms with van der Waals surface area (Å²) in [4.78, 5) is 15.5. The molecular formula is C19H21NO3. The maximum Gasteiger partial charge on any atom is 0.302 e. The zero-order chi connectivity index (χ0) is 16.5. The molecule has 0 amide bonds. The van der Waals surface area contributed by atoms with E-state index in [1.54, 1.807) is 6.92 Å². The van der Waals surface area contributed by atoms with Gasteiger partial charge < -0.3 is 9.57 Å². The van der Waals surface area contributed by atoms with Gasteiger partial charge in [-0.2, -0.15) is 0 Å². The van der Waals surface area contributed by atoms with Gasteiger partial charge in [0, 0.05) is 30.7 Å². The van der Waals surface area contributed by atoms with E-state index >= 15 is 0 Å². The van der Waals surface area contributed by atoms with Gasteiger partial charge in [-0.3, -0.25) is 4.79 Å². The number of esters is 1. The third kappa shape index (κ3) is 4.19. The maximum atomic E-state index is 9.82. The molecule has 4 nitrogen and oxygen atoms in total. The Morgan fingerprint density at radius 3 is 1.91 bits per heavy atom. The van der Waals surface area contributed by atoms with Crippen molar-refractivity contribution in [1.82, 2.24) is 0 Å². The van der Waals surface area contributed by atoms with Crippen molar-refractivity contribution in [2.75, 3.05) is 6.61 Å². The molecule has 1 heterocycles. The number of oxime groups is 1. The second-order valence-electron chi connectivity index (χ2n) is 5.07. The van der Waals surface area contributed by atoms with Crippen molar-refractivity contribution < 1.29 is 14.4 Å². The first-order valence-electron chi connectivity index (χ1n) is 7.63. The number of hydrogen-bond donors (Lipinski definition) is 0. The van der Waals surface area contributed by atoms with E-state index in [2.05, 4.69) is 34.2 Å². The standard InChI is InChI=1S/C15H13NO.C4H8O2/c1-3-7-13(8-4-1)15(11-12-16-17-15)14-9-5-2-6-10-14;1-3-6-4(2)5/h1-10,12H,11H2;3H2,1-2H3. The van der Waals surface area contributed by atoms with E-state index in [0.717, 1.165) is 17.5 Å². The molecule has 0 atom stereocenters. The first-order chi connectivity index (χ1) is 11.2. The lowest BCUT2D eigenvalue weighted by atomic mass is 9.84. The van der Waals surface area contributed by atoms with Crippen LogP contribution in [0.4, 0.5) is 0 Å². The van der Waals surface area contributed by atoms with Gasteiger partial charge in [0.05, 0.1) is 6.61 Å². The fourth-order valence-electron chi connectivity index (χ4n) is 2.46. The van der Waals surface area contributed by atoms with Gasteiger partial charge in [0.2, 0.25) is 0 Å². The van der Waals surface area contributed by atoms with Crippen LogP contribution in [0.2, 0.25) is 0 Å². The molecule has 1 aliphatic heterocycles. The number of hydrogen-bond acceptors (Lipinski definition) is 4. The Hall–Kier alpha value is -2.62. The van der Waals surface area contributed by atoms with Crippen molar-refractivity contribution in [3.8, 4) is 0 Å². The predicted molar refractivity (Wildman–Crippen MR) is 90.2 cm³/mol. The van der Waals surface area contributed by atoms with Crippen molar-refractivity contribution in [2.24, 2.45) is 5.16 Å². The number of carbonyl (C=O) groups excluding carboxylic acids is 1. The quantitative estimate of drug-likeness (QED) is 0.808. The highest BCUT2D eigenvalue weighted by Gasteiger charge is 2.39. The number of nitrogens with zero attached hydrogens (tertiary/aromatic N) is 1. The molecule has 3 rings (SSSR count). The molecule has 0 saturated heterocycles. The fraction of sp³-hybridized carbons (Fsp3) is 0.263. The average Bonchev–Trinajstić information content (AvgIpc) is 3.08. The minimum absolute atomic E-state index is 0.211. The van der Waals surface area contributed by atoms with E-state index in [1.165, 1.54) is 6.92 Å². The second-order valence-corrected chi connectivity index (χ2v) is 5.07. The zero-order valence-corrected chi connectivity index (χ0v) is 13.4. The summed E-state index contributed by atoms with van der Waals surface area (Å²) in [5, 5.41) is 3.96. The van der Waals surface area contributed by atoms with Gasteiger partial charge in [-0.05, 0) is 6.92 Å². The lowest BCUT2D eigenvalue weighted by Crippen LogP contribution is -2.26. The summed E-state index contributed by atoms with van der Waals surface area (Å²) in [6, 6.07) is 20.5. The van der Waals surface area contributed by atoms with Crippen LogP contribution < -0.4 is 0 Å². The fourth-order valence-corrected chi connectivity index (χ4v) is 2.46. The Labute approximate surface area is 136 Å². The molecule has 4 heteroatoms. The summed E-state index contributed by atoms with van der Waals surface area (Å²) in [5.41, 5.74) is 1.84. The molecule has 0 saturated carbocycles. The molecule has 0 bridgehead atoms. The molecule has 120 valence electrons. The van der Waals surface area contributed by atoms with Crippen LogP contribution in [0.25, 0.3) is 0 Å². The highest BCUT2D eigenvalue weighted by Crippen LogP contribution is 2.39. The summed E-state index contributed by atoms with van der Waals surface area (Å²) >= 11 is 0. The van der Waals surface area contributed by atoms with Crippen molar-refractivity contribution >= 4 is 12.2 Å². The second kappa shape index (κ2) is 8.13. The summed E-state index contributed by atoms with van der Waals surface area (Å²) in [5.74, 6) is -0.211. The van der Waals surface area contributed by atoms with Crippen LogP contribution in [0.1, 0.15) is 31.4 Å². The molecular weight excluding hydrogens is 290 g/mol. The minimum Gasteiger partial charge on any atom is -0.466 e. The smallest absolute Gasteiger partial charge is 0.302 e. The van der Waals surface area contributed by atoms with E-state index in [0.29, 0.717) is 6.61 Å². The van der Waals surface area contributed by atoms with E-state index in [9.17, 15) is 4.79 Å². The van der Waals surface area contributed by atoms with Gasteiger partial charge in [0.1, 0.15) is 0 Å². The SMILES string of the molecule is C1=NOC(c2ccccc2)(c2ccccc2)C1.CCOC(C)=O. The molecule has 2 aromatic rings. The molecule has 0 radical (unpaired) electrons. The van der Waals surface area contributed by atoms with E-state index < -0.39 is 5.60 Å². The van der Waals surface area contributed by atoms with Crippen LogP contribution in [0.3, 0.4) is 0 Å². The third-order valence-electron chi connectivity index (χ3n) is 3.49. The van der Waals surface area contributed by atoms with Crippen molar-refractivity contribution in [2.45, 2.75) is 25.9 Å². The summed E-state index contributed by atoms with van der Waals surface area (Å²) in [6.45, 7) is 3.65. The number of benzene rings is 2. The van der Waals surface area contributed by atoms with E-state index in [-0.39, 0.29) is 5.97 Å². The summed E-state index contributed by atoms with van der Waals surface area (Å²) in [7, 11) is 0. The molecule has 0 fully saturated rings. The van der Waals surface area contributed by atoms with Crippen LogP contribution >= 0.6 is 0 Å². The first kappa shape index (κ1) is 16.7. The summed E-state index contributed by atoms with van der Waals surface area (Å²) < 4.78 is 4.40. The molecule has 0 aromatic heterocycles. The molecule has 1 aliphatic rings. The Balaban J connectivity index is 0.000000277. The van der Waals surface area contributed by atoms with E-state index in [4.69, 9.17) is 4.84 Å². The summed E-state index contributed by atoms with van der Waals surface area (Å²) in [6.07, 6.45) is 2.61. The van der Waals surface area contributed by atoms with Gasteiger partial charge in [-0.25, -0.2) is 0 Å². The molecule has 0 spiro atoms. The third-order valence-corrected chi connectivity index (χ3v) is 3.49. The van der Waals surface area contributed by atoms with Crippen LogP contribution in [-0.2, 0) is 20.0 Å². The van der Waals surface area contributed by atoms with Crippen LogP contribution in [0, 0.1) is 0 Å². The topological polar surface area (TPSA) is 47.9 Å². The van der Waals surface area contributed by atoms with Gasteiger partial charge in [0.15, 0.2) is 5.60 Å². The van der Waals surface area contributed by atoms with Crippen LogP contribution in [0.5, 0.6) is 0 Å². The molecule has 0 unspecified atom stereocenters. The molecule has 0 N–H and O–H groups in total. The number of carbonyl (C=O) groups is 1. The van der Waals surface area contributed by atoms with Crippen molar-refractivity contribution in [3.63, 3.8) is 0 Å². The molecule has 0 aliphatic carbocycles. The molecule has 2 aromatic carbocycles.